The summed E-state index contributed by atoms with van der Waals surface area (Å²) >= 11 is 0. The molecule has 0 atom stereocenters. The van der Waals surface area contributed by atoms with Gasteiger partial charge in [-0.3, -0.25) is 10.1 Å². The number of aryl methyl sites for hydroxylation is 1. The molecule has 6 nitrogen and oxygen atoms in total. The Morgan fingerprint density at radius 2 is 0.985 bits per heavy atom. The normalized spacial score (nSPS) is 14.5. The molecule has 0 fully saturated rings. The second-order valence-corrected chi connectivity index (χ2v) is 16.6. The summed E-state index contributed by atoms with van der Waals surface area (Å²) in [7, 11) is 0. The van der Waals surface area contributed by atoms with Gasteiger partial charge in [0.25, 0.3) is 5.69 Å². The Hall–Kier alpha value is -9.07. The van der Waals surface area contributed by atoms with Crippen molar-refractivity contribution in [2.24, 2.45) is 0 Å². The van der Waals surface area contributed by atoms with Gasteiger partial charge in [-0.2, -0.15) is 0 Å². The van der Waals surface area contributed by atoms with E-state index in [9.17, 15) is 25.5 Å². The molecule has 0 radical (unpaired) electrons. The standard InChI is InChI=1S/C61H39FN4O2/c1-38-9-7-13-47(31-38)64-56-16-6-5-15-50(56)52-34-43(22-30-58(52)64)44-21-29-57-53(35-44)51-26-25-49(66(67)68)37-61(51)63(57)46-23-17-40(18-24-46)42-20-28-60-55(33-42)54-32-41(39-10-3-2-4-11-39)19-27-59(54)65(60)48-14-8-12-45(62)36-48/h2-37H,1H3/i5D,6D,15D,16D,21D,22D,25D,26D,29D,30D,34D,35D,37D. The summed E-state index contributed by atoms with van der Waals surface area (Å²) < 4.78 is 141. The van der Waals surface area contributed by atoms with E-state index in [0.717, 1.165) is 44.1 Å². The summed E-state index contributed by atoms with van der Waals surface area (Å²) in [6, 6.07) is 33.3. The Morgan fingerprint density at radius 1 is 0.426 bits per heavy atom. The molecule has 0 unspecified atom stereocenters. The Morgan fingerprint density at radius 3 is 1.63 bits per heavy atom. The van der Waals surface area contributed by atoms with Crippen LogP contribution in [0.15, 0.2) is 218 Å². The van der Waals surface area contributed by atoms with Gasteiger partial charge in [0.15, 0.2) is 0 Å². The van der Waals surface area contributed by atoms with Gasteiger partial charge in [-0.1, -0.05) is 103 Å². The minimum atomic E-state index is -1.01. The van der Waals surface area contributed by atoms with Crippen molar-refractivity contribution in [3.05, 3.63) is 240 Å². The largest absolute Gasteiger partial charge is 0.309 e. The number of benzene rings is 10. The van der Waals surface area contributed by atoms with Crippen LogP contribution in [0.1, 0.15) is 23.4 Å². The summed E-state index contributed by atoms with van der Waals surface area (Å²) in [6.45, 7) is 1.81. The zero-order chi connectivity index (χ0) is 56.9. The van der Waals surface area contributed by atoms with Gasteiger partial charge < -0.3 is 13.7 Å². The lowest BCUT2D eigenvalue weighted by Crippen LogP contribution is -1.95. The molecule has 10 aromatic carbocycles. The number of hydrogen-bond acceptors (Lipinski definition) is 2. The quantitative estimate of drug-likeness (QED) is 0.118. The first-order chi connectivity index (χ1) is 38.8. The number of rotatable bonds is 7. The summed E-state index contributed by atoms with van der Waals surface area (Å²) in [6.07, 6.45) is 0. The highest BCUT2D eigenvalue weighted by Gasteiger charge is 2.20. The van der Waals surface area contributed by atoms with E-state index in [0.29, 0.717) is 16.9 Å². The third-order valence-corrected chi connectivity index (χ3v) is 12.5. The summed E-state index contributed by atoms with van der Waals surface area (Å²) in [5.41, 5.74) is 4.25. The molecule has 0 amide bonds. The fourth-order valence-corrected chi connectivity index (χ4v) is 9.44. The zero-order valence-corrected chi connectivity index (χ0v) is 35.8. The highest BCUT2D eigenvalue weighted by Crippen LogP contribution is 2.41. The number of nitro benzene ring substituents is 1. The van der Waals surface area contributed by atoms with Crippen LogP contribution in [0.25, 0.3) is 116 Å². The molecule has 3 aromatic heterocycles. The third kappa shape index (κ3) is 6.24. The van der Waals surface area contributed by atoms with Crippen LogP contribution in [0.2, 0.25) is 0 Å². The number of nitrogens with zero attached hydrogens (tertiary/aromatic N) is 4. The maximum Gasteiger partial charge on any atom is 0.271 e. The maximum atomic E-state index is 14.8. The predicted molar refractivity (Wildman–Crippen MR) is 277 cm³/mol. The van der Waals surface area contributed by atoms with Crippen molar-refractivity contribution in [2.45, 2.75) is 6.92 Å². The molecule has 0 bridgehead atoms. The molecule has 0 saturated carbocycles. The van der Waals surface area contributed by atoms with Crippen molar-refractivity contribution >= 4 is 71.1 Å². The van der Waals surface area contributed by atoms with Gasteiger partial charge >= 0.3 is 0 Å². The fraction of sp³-hybridized carbons (Fsp3) is 0.0164. The molecule has 0 aliphatic heterocycles. The average Bonchev–Trinajstić information content (AvgIpc) is 4.23. The lowest BCUT2D eigenvalue weighted by Gasteiger charge is -2.11. The Labute approximate surface area is 408 Å². The molecule has 68 heavy (non-hydrogen) atoms. The average molecular weight is 892 g/mol. The van der Waals surface area contributed by atoms with Crippen LogP contribution >= 0.6 is 0 Å². The molecule has 13 rings (SSSR count). The minimum Gasteiger partial charge on any atom is -0.309 e. The van der Waals surface area contributed by atoms with E-state index in [4.69, 9.17) is 6.85 Å². The van der Waals surface area contributed by atoms with Crippen molar-refractivity contribution in [2.75, 3.05) is 0 Å². The minimum absolute atomic E-state index is 0.0825. The van der Waals surface area contributed by atoms with Gasteiger partial charge in [0.05, 0.1) is 55.8 Å². The van der Waals surface area contributed by atoms with Crippen LogP contribution in [0, 0.1) is 22.9 Å². The van der Waals surface area contributed by atoms with Crippen LogP contribution in [-0.2, 0) is 0 Å². The molecular formula is C61H39FN4O2. The fourth-order valence-electron chi connectivity index (χ4n) is 9.44. The number of aromatic nitrogens is 3. The number of fused-ring (bicyclic) bond motifs is 9. The SMILES string of the molecule is [2H]c1c([2H])c([2H])c2c(c1[2H])c1c([2H])c(-c3c([2H])c([2H])c4c(c3[2H])c3c([2H])c([2H])c([N+](=O)[O-])c([2H])c3n4-c3ccc(-c4ccc5c(c4)c4cc(-c6ccccc6)ccc4n5-c4cccc(F)c4)cc3)c([2H])c([2H])c1n2-c1cccc(C)c1. The molecule has 13 aromatic rings. The van der Waals surface area contributed by atoms with E-state index in [2.05, 4.69) is 6.07 Å². The van der Waals surface area contributed by atoms with E-state index in [1.165, 1.54) is 21.3 Å². The van der Waals surface area contributed by atoms with Crippen molar-refractivity contribution < 1.29 is 27.1 Å². The van der Waals surface area contributed by atoms with Crippen LogP contribution < -0.4 is 0 Å². The molecule has 322 valence electrons. The highest BCUT2D eigenvalue weighted by molar-refractivity contribution is 6.14. The number of hydrogen-bond donors (Lipinski definition) is 0. The third-order valence-electron chi connectivity index (χ3n) is 12.5. The van der Waals surface area contributed by atoms with Gasteiger partial charge in [-0.25, -0.2) is 4.39 Å². The lowest BCUT2D eigenvalue weighted by molar-refractivity contribution is -0.384. The lowest BCUT2D eigenvalue weighted by atomic mass is 10.00. The van der Waals surface area contributed by atoms with Crippen molar-refractivity contribution in [1.29, 1.82) is 0 Å². The second kappa shape index (κ2) is 15.3. The zero-order valence-electron chi connectivity index (χ0n) is 48.8. The number of nitro groups is 1. The summed E-state index contributed by atoms with van der Waals surface area (Å²) in [5, 5.41) is 13.4. The topological polar surface area (TPSA) is 57.9 Å². The van der Waals surface area contributed by atoms with Gasteiger partial charge in [-0.05, 0) is 149 Å². The smallest absolute Gasteiger partial charge is 0.271 e. The first-order valence-electron chi connectivity index (χ1n) is 28.1. The van der Waals surface area contributed by atoms with Gasteiger partial charge in [0.2, 0.25) is 0 Å². The molecule has 3 heterocycles. The maximum absolute atomic E-state index is 14.8. The van der Waals surface area contributed by atoms with E-state index >= 15 is 0 Å². The second-order valence-electron chi connectivity index (χ2n) is 16.6. The van der Waals surface area contributed by atoms with Crippen LogP contribution in [0.3, 0.4) is 0 Å². The summed E-state index contributed by atoms with van der Waals surface area (Å²) in [5.74, 6) is -0.392. The van der Waals surface area contributed by atoms with E-state index in [-0.39, 0.29) is 49.3 Å². The highest BCUT2D eigenvalue weighted by atomic mass is 19.1. The van der Waals surface area contributed by atoms with Gasteiger partial charge in [0, 0.05) is 61.5 Å². The number of halogens is 1. The van der Waals surface area contributed by atoms with Crippen molar-refractivity contribution in [1.82, 2.24) is 13.7 Å². The Bertz CT molecular complexity index is 4980. The molecule has 0 spiro atoms. The Kier molecular flexibility index (Phi) is 6.30. The first-order valence-corrected chi connectivity index (χ1v) is 21.6. The molecule has 0 aliphatic rings. The van der Waals surface area contributed by atoms with Crippen LogP contribution in [0.5, 0.6) is 0 Å². The monoisotopic (exact) mass is 891 g/mol. The van der Waals surface area contributed by atoms with E-state index < -0.39 is 106 Å². The predicted octanol–water partition coefficient (Wildman–Crippen LogP) is 16.3. The van der Waals surface area contributed by atoms with Crippen LogP contribution in [0.4, 0.5) is 10.1 Å². The molecular weight excluding hydrogens is 840 g/mol. The van der Waals surface area contributed by atoms with E-state index in [1.807, 2.05) is 71.3 Å². The first kappa shape index (κ1) is 28.1. The molecule has 0 saturated heterocycles. The van der Waals surface area contributed by atoms with Gasteiger partial charge in [0.1, 0.15) is 5.82 Å². The van der Waals surface area contributed by atoms with Crippen molar-refractivity contribution in [3.63, 3.8) is 0 Å². The van der Waals surface area contributed by atoms with Gasteiger partial charge in [-0.15, -0.1) is 0 Å². The summed E-state index contributed by atoms with van der Waals surface area (Å²) in [4.78, 5) is 11.7. The molecule has 7 heteroatoms. The van der Waals surface area contributed by atoms with E-state index in [1.54, 1.807) is 61.5 Å². The Balaban J connectivity index is 1.05. The molecule has 0 N–H and O–H groups in total. The molecule has 0 aliphatic carbocycles. The van der Waals surface area contributed by atoms with Crippen LogP contribution in [-0.4, -0.2) is 18.6 Å². The van der Waals surface area contributed by atoms with Crippen molar-refractivity contribution in [3.8, 4) is 50.4 Å². The number of para-hydroxylation sites is 1.